The fourth-order valence-electron chi connectivity index (χ4n) is 1.62. The minimum atomic E-state index is -1.17. The first-order valence-electron chi connectivity index (χ1n) is 6.24. The van der Waals surface area contributed by atoms with Crippen LogP contribution >= 0.6 is 0 Å². The van der Waals surface area contributed by atoms with E-state index in [4.69, 9.17) is 10.2 Å². The van der Waals surface area contributed by atoms with Crippen molar-refractivity contribution in [3.8, 4) is 11.5 Å². The van der Waals surface area contributed by atoms with Gasteiger partial charge in [-0.05, 0) is 26.0 Å². The number of benzene rings is 2. The molecule has 0 aliphatic carbocycles. The predicted octanol–water partition coefficient (Wildman–Crippen LogP) is 1.15. The number of carbonyl (C=O) groups is 2. The molecule has 0 aromatic heterocycles. The SMILES string of the molecule is Cc1ccc([O-])c(C(=O)O)c1.Cc1ccc([O-])c(C(=O)O)c1.[Ca+2]. The van der Waals surface area contributed by atoms with E-state index in [1.54, 1.807) is 26.0 Å². The molecule has 0 atom stereocenters. The molecule has 0 saturated heterocycles. The zero-order chi connectivity index (χ0) is 16.9. The molecule has 0 radical (unpaired) electrons. The van der Waals surface area contributed by atoms with E-state index in [1.807, 2.05) is 0 Å². The largest absolute Gasteiger partial charge is 2.00 e. The third kappa shape index (κ3) is 6.48. The average Bonchev–Trinajstić information content (AvgIpc) is 2.44. The third-order valence-corrected chi connectivity index (χ3v) is 2.73. The topological polar surface area (TPSA) is 121 Å². The number of aryl methyl sites for hydroxylation is 2. The van der Waals surface area contributed by atoms with Crippen LogP contribution in [0.5, 0.6) is 11.5 Å². The summed E-state index contributed by atoms with van der Waals surface area (Å²) in [5.41, 5.74) is 1.24. The Balaban J connectivity index is 0.000000403. The summed E-state index contributed by atoms with van der Waals surface area (Å²) in [6.45, 7) is 3.48. The summed E-state index contributed by atoms with van der Waals surface area (Å²) in [5.74, 6) is -3.22. The van der Waals surface area contributed by atoms with Crippen LogP contribution in [0.15, 0.2) is 36.4 Å². The molecule has 0 heterocycles. The number of carboxylic acid groups (broad SMARTS) is 2. The number of hydrogen-bond acceptors (Lipinski definition) is 4. The Hall–Kier alpha value is -1.76. The zero-order valence-corrected chi connectivity index (χ0v) is 14.9. The van der Waals surface area contributed by atoms with Gasteiger partial charge in [0.2, 0.25) is 0 Å². The summed E-state index contributed by atoms with van der Waals surface area (Å²) in [4.78, 5) is 20.7. The maximum Gasteiger partial charge on any atom is 2.00 e. The fraction of sp³-hybridized carbons (Fsp3) is 0.125. The molecule has 0 fully saturated rings. The van der Waals surface area contributed by atoms with Gasteiger partial charge in [-0.3, -0.25) is 0 Å². The van der Waals surface area contributed by atoms with Gasteiger partial charge in [0.05, 0.1) is 11.1 Å². The van der Waals surface area contributed by atoms with Gasteiger partial charge in [-0.2, -0.15) is 0 Å². The van der Waals surface area contributed by atoms with Crippen LogP contribution in [0.3, 0.4) is 0 Å². The smallest absolute Gasteiger partial charge is 0.872 e. The Morgan fingerprint density at radius 2 is 1.09 bits per heavy atom. The van der Waals surface area contributed by atoms with Crippen molar-refractivity contribution in [2.24, 2.45) is 0 Å². The monoisotopic (exact) mass is 342 g/mol. The van der Waals surface area contributed by atoms with E-state index in [0.717, 1.165) is 11.1 Å². The van der Waals surface area contributed by atoms with Gasteiger partial charge in [0, 0.05) is 0 Å². The summed E-state index contributed by atoms with van der Waals surface area (Å²) in [6, 6.07) is 8.44. The van der Waals surface area contributed by atoms with Gasteiger partial charge in [-0.1, -0.05) is 46.9 Å². The molecule has 2 aromatic rings. The number of rotatable bonds is 2. The van der Waals surface area contributed by atoms with Crippen molar-refractivity contribution in [1.29, 1.82) is 0 Å². The summed E-state index contributed by atoms with van der Waals surface area (Å²) in [7, 11) is 0. The Bertz CT molecular complexity index is 650. The maximum atomic E-state index is 10.8. The van der Waals surface area contributed by atoms with E-state index in [0.29, 0.717) is 0 Å². The Kier molecular flexibility index (Phi) is 8.68. The first-order valence-corrected chi connectivity index (χ1v) is 6.24. The minimum Gasteiger partial charge on any atom is -0.872 e. The molecule has 0 unspecified atom stereocenters. The van der Waals surface area contributed by atoms with E-state index in [9.17, 15) is 19.8 Å². The quantitative estimate of drug-likeness (QED) is 0.790. The van der Waals surface area contributed by atoms with Crippen molar-refractivity contribution in [2.75, 3.05) is 0 Å². The van der Waals surface area contributed by atoms with Gasteiger partial charge in [-0.25, -0.2) is 9.59 Å². The Morgan fingerprint density at radius 1 is 0.783 bits per heavy atom. The first kappa shape index (κ1) is 21.2. The number of aromatic carboxylic acids is 2. The molecule has 0 spiro atoms. The normalized spacial score (nSPS) is 9.13. The van der Waals surface area contributed by atoms with Crippen molar-refractivity contribution in [2.45, 2.75) is 13.8 Å². The molecule has 7 heteroatoms. The van der Waals surface area contributed by atoms with E-state index in [-0.39, 0.29) is 48.9 Å². The van der Waals surface area contributed by atoms with Crippen molar-refractivity contribution in [3.63, 3.8) is 0 Å². The van der Waals surface area contributed by atoms with Crippen molar-refractivity contribution < 1.29 is 30.0 Å². The predicted molar refractivity (Wildman–Crippen MR) is 80.9 cm³/mol. The van der Waals surface area contributed by atoms with Gasteiger partial charge in [0.15, 0.2) is 0 Å². The maximum absolute atomic E-state index is 10.8. The van der Waals surface area contributed by atoms with Crippen molar-refractivity contribution in [3.05, 3.63) is 58.7 Å². The summed E-state index contributed by atoms with van der Waals surface area (Å²) in [6.07, 6.45) is 0. The molecule has 0 aliphatic rings. The molecule has 2 N–H and O–H groups in total. The van der Waals surface area contributed by atoms with Crippen LogP contribution in [0.1, 0.15) is 31.8 Å². The molecule has 6 nitrogen and oxygen atoms in total. The summed E-state index contributed by atoms with van der Waals surface area (Å²) >= 11 is 0. The van der Waals surface area contributed by atoms with Crippen LogP contribution < -0.4 is 10.2 Å². The molecule has 23 heavy (non-hydrogen) atoms. The Morgan fingerprint density at radius 3 is 1.30 bits per heavy atom. The summed E-state index contributed by atoms with van der Waals surface area (Å²) < 4.78 is 0. The summed E-state index contributed by atoms with van der Waals surface area (Å²) in [5, 5.41) is 38.6. The van der Waals surface area contributed by atoms with Gasteiger partial charge < -0.3 is 20.4 Å². The van der Waals surface area contributed by atoms with Crippen LogP contribution in [0.4, 0.5) is 0 Å². The van der Waals surface area contributed by atoms with Crippen molar-refractivity contribution >= 4 is 49.7 Å². The second kappa shape index (κ2) is 9.39. The van der Waals surface area contributed by atoms with Gasteiger partial charge in [0.1, 0.15) is 0 Å². The van der Waals surface area contributed by atoms with E-state index in [1.165, 1.54) is 24.3 Å². The van der Waals surface area contributed by atoms with Gasteiger partial charge >= 0.3 is 49.7 Å². The van der Waals surface area contributed by atoms with Crippen LogP contribution in [-0.4, -0.2) is 59.9 Å². The molecule has 116 valence electrons. The van der Waals surface area contributed by atoms with E-state index < -0.39 is 23.4 Å². The zero-order valence-electron chi connectivity index (χ0n) is 12.7. The van der Waals surface area contributed by atoms with Gasteiger partial charge in [0.25, 0.3) is 0 Å². The molecular formula is C16H14CaO6. The first-order chi connectivity index (χ1) is 10.2. The standard InChI is InChI=1S/2C8H8O3.Ca/c2*1-5-2-3-7(9)6(4-5)8(10)11;/h2*2-4,9H,1H3,(H,10,11);/q;;+2/p-2. The Labute approximate surface area is 163 Å². The molecule has 0 bridgehead atoms. The average molecular weight is 342 g/mol. The molecule has 0 amide bonds. The van der Waals surface area contributed by atoms with Gasteiger partial charge in [-0.15, -0.1) is 0 Å². The van der Waals surface area contributed by atoms with Crippen LogP contribution in [-0.2, 0) is 0 Å². The number of carboxylic acids is 2. The van der Waals surface area contributed by atoms with Crippen LogP contribution in [0.25, 0.3) is 0 Å². The second-order valence-corrected chi connectivity index (χ2v) is 4.61. The number of hydrogen-bond donors (Lipinski definition) is 2. The van der Waals surface area contributed by atoms with E-state index in [2.05, 4.69) is 0 Å². The molecule has 0 aliphatic heterocycles. The van der Waals surface area contributed by atoms with Crippen LogP contribution in [0, 0.1) is 13.8 Å². The molecule has 0 saturated carbocycles. The van der Waals surface area contributed by atoms with Crippen molar-refractivity contribution in [1.82, 2.24) is 0 Å². The second-order valence-electron chi connectivity index (χ2n) is 4.61. The third-order valence-electron chi connectivity index (χ3n) is 2.73. The minimum absolute atomic E-state index is 0. The van der Waals surface area contributed by atoms with Crippen LogP contribution in [0.2, 0.25) is 0 Å². The molecule has 2 aromatic carbocycles. The molecule has 2 rings (SSSR count). The molecular weight excluding hydrogens is 328 g/mol. The van der Waals surface area contributed by atoms with E-state index >= 15 is 0 Å². The fourth-order valence-corrected chi connectivity index (χ4v) is 1.62.